The molecule has 104 valence electrons. The molecule has 1 aliphatic heterocycles. The summed E-state index contributed by atoms with van der Waals surface area (Å²) in [5, 5.41) is 25.4. The molecule has 2 aromatic heterocycles. The average Bonchev–Trinajstić information content (AvgIpc) is 3.13. The Morgan fingerprint density at radius 2 is 1.85 bits per heavy atom. The number of carboxylic acid groups (broad SMARTS) is 1. The lowest BCUT2D eigenvalue weighted by Crippen LogP contribution is -2.13. The highest BCUT2D eigenvalue weighted by atomic mass is 32.1. The lowest BCUT2D eigenvalue weighted by molar-refractivity contribution is -0.133. The Bertz CT molecular complexity index is 486. The van der Waals surface area contributed by atoms with Gasteiger partial charge in [-0.25, -0.2) is 4.79 Å². The van der Waals surface area contributed by atoms with Crippen molar-refractivity contribution < 1.29 is 9.90 Å². The molecule has 2 aromatic rings. The van der Waals surface area contributed by atoms with Crippen LogP contribution in [0, 0.1) is 0 Å². The Balaban J connectivity index is 0.000000167. The van der Waals surface area contributed by atoms with Crippen LogP contribution in [0.4, 0.5) is 0 Å². The van der Waals surface area contributed by atoms with Crippen LogP contribution in [-0.4, -0.2) is 32.7 Å². The van der Waals surface area contributed by atoms with Crippen LogP contribution in [0.25, 0.3) is 0 Å². The van der Waals surface area contributed by atoms with Crippen LogP contribution in [0.2, 0.25) is 0 Å². The van der Waals surface area contributed by atoms with Crippen molar-refractivity contribution in [2.75, 3.05) is 0 Å². The molecule has 0 aliphatic carbocycles. The minimum Gasteiger partial charge on any atom is -0.477 e. The molecule has 0 unspecified atom stereocenters. The maximum atomic E-state index is 10.3. The Hall–Kier alpha value is -2.74. The number of rotatable bonds is 1. The van der Waals surface area contributed by atoms with Gasteiger partial charge in [0.2, 0.25) is 0 Å². The molecule has 0 spiro atoms. The van der Waals surface area contributed by atoms with E-state index >= 15 is 0 Å². The minimum absolute atomic E-state index is 0.0741. The maximum absolute atomic E-state index is 10.3. The van der Waals surface area contributed by atoms with Crippen molar-refractivity contribution in [1.29, 1.82) is 0 Å². The topological polar surface area (TPSA) is 103 Å². The fourth-order valence-electron chi connectivity index (χ4n) is 0.901. The largest absolute Gasteiger partial charge is 0.477 e. The number of nitrogens with one attached hydrogen (secondary N) is 2. The van der Waals surface area contributed by atoms with Crippen LogP contribution < -0.4 is 5.43 Å². The highest BCUT2D eigenvalue weighted by molar-refractivity contribution is 7.07. The van der Waals surface area contributed by atoms with E-state index in [1.165, 1.54) is 12.3 Å². The van der Waals surface area contributed by atoms with Crippen molar-refractivity contribution in [2.24, 2.45) is 5.10 Å². The Morgan fingerprint density at radius 1 is 1.15 bits per heavy atom. The number of hydrogen-bond donors (Lipinski definition) is 3. The number of allylic oxidation sites excluding steroid dienone is 3. The van der Waals surface area contributed by atoms with E-state index in [0.717, 1.165) is 0 Å². The van der Waals surface area contributed by atoms with Gasteiger partial charge in [0, 0.05) is 6.21 Å². The smallest absolute Gasteiger partial charge is 0.353 e. The normalized spacial score (nSPS) is 11.7. The third-order valence-electron chi connectivity index (χ3n) is 1.71. The molecule has 0 bridgehead atoms. The first-order valence-corrected chi connectivity index (χ1v) is 6.41. The van der Waals surface area contributed by atoms with E-state index in [2.05, 4.69) is 25.9 Å². The van der Waals surface area contributed by atoms with Crippen LogP contribution in [0.3, 0.4) is 0 Å². The number of aromatic amines is 1. The second-order valence-electron chi connectivity index (χ2n) is 3.11. The number of carbonyl (C=O) groups is 1. The van der Waals surface area contributed by atoms with Crippen LogP contribution in [0.5, 0.6) is 0 Å². The van der Waals surface area contributed by atoms with Crippen molar-refractivity contribution in [3.63, 3.8) is 0 Å². The first-order chi connectivity index (χ1) is 9.80. The van der Waals surface area contributed by atoms with Crippen LogP contribution in [-0.2, 0) is 4.79 Å². The number of hydrogen-bond acceptors (Lipinski definition) is 6. The van der Waals surface area contributed by atoms with Crippen molar-refractivity contribution in [3.8, 4) is 0 Å². The van der Waals surface area contributed by atoms with Crippen molar-refractivity contribution in [2.45, 2.75) is 0 Å². The number of thiophene rings is 1. The van der Waals surface area contributed by atoms with Gasteiger partial charge < -0.3 is 5.11 Å². The second kappa shape index (κ2) is 10.2. The molecule has 3 heterocycles. The quantitative estimate of drug-likeness (QED) is 0.741. The first kappa shape index (κ1) is 15.3. The Morgan fingerprint density at radius 3 is 2.30 bits per heavy atom. The molecule has 0 saturated carbocycles. The van der Waals surface area contributed by atoms with E-state index < -0.39 is 5.97 Å². The lowest BCUT2D eigenvalue weighted by atomic mass is 10.4. The van der Waals surface area contributed by atoms with Gasteiger partial charge in [0.05, 0.1) is 12.4 Å². The van der Waals surface area contributed by atoms with Crippen LogP contribution >= 0.6 is 11.3 Å². The van der Waals surface area contributed by atoms with Gasteiger partial charge in [-0.2, -0.15) is 31.8 Å². The summed E-state index contributed by atoms with van der Waals surface area (Å²) in [7, 11) is 0. The summed E-state index contributed by atoms with van der Waals surface area (Å²) in [5.74, 6) is -1.01. The number of nitrogens with zero attached hydrogens (tertiary/aromatic N) is 3. The van der Waals surface area contributed by atoms with Crippen molar-refractivity contribution >= 4 is 23.5 Å². The number of aliphatic carboxylic acids is 1. The summed E-state index contributed by atoms with van der Waals surface area (Å²) in [5.41, 5.74) is 2.42. The van der Waals surface area contributed by atoms with E-state index in [4.69, 9.17) is 5.11 Å². The first-order valence-electron chi connectivity index (χ1n) is 5.47. The van der Waals surface area contributed by atoms with Gasteiger partial charge in [-0.1, -0.05) is 18.2 Å². The average molecular weight is 291 g/mol. The number of carboxylic acids is 1. The Labute approximate surface area is 119 Å². The number of H-pyrrole nitrogens is 1. The number of hydrazone groups is 1. The molecule has 1 aliphatic rings. The summed E-state index contributed by atoms with van der Waals surface area (Å²) in [4.78, 5) is 10.3. The molecule has 8 heteroatoms. The third kappa shape index (κ3) is 7.56. The van der Waals surface area contributed by atoms with Gasteiger partial charge in [0.25, 0.3) is 0 Å². The minimum atomic E-state index is -1.01. The summed E-state index contributed by atoms with van der Waals surface area (Å²) < 4.78 is 0. The molecule has 0 aromatic carbocycles. The Kier molecular flexibility index (Phi) is 7.82. The van der Waals surface area contributed by atoms with E-state index in [1.807, 2.05) is 22.9 Å². The molecule has 3 N–H and O–H groups in total. The standard InChI is InChI=1S/C6H6N2O2.C4H4S.C2H3N3/c9-6(10)5-3-1-2-4-7-8-5;2*1-2-4-5-3-1/h1-4,8H,(H,9,10);1-4H;1-2H,(H,3,4,5). The summed E-state index contributed by atoms with van der Waals surface area (Å²) >= 11 is 1.71. The number of aromatic nitrogens is 3. The second-order valence-corrected chi connectivity index (χ2v) is 3.93. The zero-order chi connectivity index (χ0) is 14.5. The van der Waals surface area contributed by atoms with Crippen LogP contribution in [0.15, 0.2) is 64.3 Å². The molecule has 0 saturated heterocycles. The molecular formula is C12H13N5O2S. The van der Waals surface area contributed by atoms with Gasteiger partial charge in [0.15, 0.2) is 0 Å². The van der Waals surface area contributed by atoms with E-state index in [1.54, 1.807) is 35.9 Å². The van der Waals surface area contributed by atoms with Gasteiger partial charge in [-0.3, -0.25) is 5.43 Å². The van der Waals surface area contributed by atoms with E-state index in [-0.39, 0.29) is 5.70 Å². The highest BCUT2D eigenvalue weighted by Crippen LogP contribution is 1.92. The van der Waals surface area contributed by atoms with E-state index in [9.17, 15) is 4.79 Å². The molecule has 20 heavy (non-hydrogen) atoms. The third-order valence-corrected chi connectivity index (χ3v) is 2.34. The fraction of sp³-hybridized carbons (Fsp3) is 0. The zero-order valence-electron chi connectivity index (χ0n) is 10.4. The molecule has 0 amide bonds. The predicted molar refractivity (Wildman–Crippen MR) is 77.2 cm³/mol. The van der Waals surface area contributed by atoms with Gasteiger partial charge >= 0.3 is 5.97 Å². The van der Waals surface area contributed by atoms with Crippen LogP contribution in [0.1, 0.15) is 0 Å². The SMILES string of the molecule is O=C(O)C1=CC=CC=NN1.c1ccsc1.c1cn[nH]n1. The molecule has 0 radical (unpaired) electrons. The van der Waals surface area contributed by atoms with Gasteiger partial charge in [-0.05, 0) is 22.9 Å². The van der Waals surface area contributed by atoms with Crippen molar-refractivity contribution in [3.05, 3.63) is 59.2 Å². The fourth-order valence-corrected chi connectivity index (χ4v) is 1.35. The molecule has 7 nitrogen and oxygen atoms in total. The summed E-state index contributed by atoms with van der Waals surface area (Å²) in [6.07, 6.45) is 9.33. The van der Waals surface area contributed by atoms with Gasteiger partial charge in [0.1, 0.15) is 5.70 Å². The predicted octanol–water partition coefficient (Wildman–Crippen LogP) is 1.65. The molecule has 3 rings (SSSR count). The highest BCUT2D eigenvalue weighted by Gasteiger charge is 2.03. The monoisotopic (exact) mass is 291 g/mol. The van der Waals surface area contributed by atoms with Crippen molar-refractivity contribution in [1.82, 2.24) is 20.8 Å². The van der Waals surface area contributed by atoms with E-state index in [0.29, 0.717) is 0 Å². The lowest BCUT2D eigenvalue weighted by Gasteiger charge is -1.95. The van der Waals surface area contributed by atoms with Gasteiger partial charge in [-0.15, -0.1) is 0 Å². The molecular weight excluding hydrogens is 278 g/mol. The summed E-state index contributed by atoms with van der Waals surface area (Å²) in [6, 6.07) is 4.04. The molecule has 0 fully saturated rings. The molecule has 0 atom stereocenters. The zero-order valence-corrected chi connectivity index (χ0v) is 11.2. The maximum Gasteiger partial charge on any atom is 0.353 e. The summed E-state index contributed by atoms with van der Waals surface area (Å²) in [6.45, 7) is 0.